The van der Waals surface area contributed by atoms with Crippen molar-refractivity contribution in [2.24, 2.45) is 0 Å². The van der Waals surface area contributed by atoms with Crippen molar-refractivity contribution in [1.29, 1.82) is 0 Å². The third-order valence-corrected chi connectivity index (χ3v) is 6.00. The number of hydrogen-bond donors (Lipinski definition) is 0. The van der Waals surface area contributed by atoms with Crippen LogP contribution in [0.15, 0.2) is 22.7 Å². The van der Waals surface area contributed by atoms with Crippen LogP contribution < -0.4 is 4.74 Å². The minimum atomic E-state index is -0.894. The zero-order chi connectivity index (χ0) is 22.9. The molecule has 3 rings (SSSR count). The number of rotatable bonds is 5. The monoisotopic (exact) mass is 489 g/mol. The molecule has 5 nitrogen and oxygen atoms in total. The molecule has 1 aromatic carbocycles. The highest BCUT2D eigenvalue weighted by Gasteiger charge is 2.34. The second kappa shape index (κ2) is 9.29. The average molecular weight is 490 g/mol. The van der Waals surface area contributed by atoms with Crippen molar-refractivity contribution < 1.29 is 19.0 Å². The van der Waals surface area contributed by atoms with Crippen LogP contribution in [0.4, 0.5) is 0 Å². The molecule has 1 atom stereocenters. The number of hydrogen-bond acceptors (Lipinski definition) is 5. The molecule has 0 unspecified atom stereocenters. The summed E-state index contributed by atoms with van der Waals surface area (Å²) >= 11 is 3.74. The number of ether oxygens (including phenoxy) is 3. The Morgan fingerprint density at radius 2 is 1.90 bits per heavy atom. The van der Waals surface area contributed by atoms with Gasteiger partial charge in [-0.05, 0) is 100 Å². The van der Waals surface area contributed by atoms with Crippen LogP contribution in [0, 0.1) is 13.8 Å². The molecule has 0 N–H and O–H groups in total. The van der Waals surface area contributed by atoms with Crippen molar-refractivity contribution in [2.45, 2.75) is 79.1 Å². The first kappa shape index (κ1) is 23.7. The van der Waals surface area contributed by atoms with Gasteiger partial charge in [0.1, 0.15) is 5.75 Å². The molecular formula is C25H32BrNO4. The molecule has 0 amide bonds. The quantitative estimate of drug-likeness (QED) is 0.463. The van der Waals surface area contributed by atoms with Gasteiger partial charge in [-0.15, -0.1) is 0 Å². The Bertz CT molecular complexity index is 978. The van der Waals surface area contributed by atoms with E-state index < -0.39 is 17.7 Å². The molecule has 0 saturated carbocycles. The lowest BCUT2D eigenvalue weighted by Crippen LogP contribution is -2.31. The van der Waals surface area contributed by atoms with E-state index in [1.165, 1.54) is 5.56 Å². The standard InChI is InChI=1S/C25H32BrNO4/c1-14(2)30-24(28)23(31-25(5,6)7)20-15(3)27-16(4)22(26)21(20)18-10-11-19-17(13-18)9-8-12-29-19/h10-11,13-14,23H,8-9,12H2,1-7H3/t23-/m0/s1. The van der Waals surface area contributed by atoms with Crippen LogP contribution in [0.2, 0.25) is 0 Å². The summed E-state index contributed by atoms with van der Waals surface area (Å²) < 4.78 is 18.5. The van der Waals surface area contributed by atoms with Gasteiger partial charge >= 0.3 is 5.97 Å². The van der Waals surface area contributed by atoms with Gasteiger partial charge in [-0.3, -0.25) is 4.98 Å². The summed E-state index contributed by atoms with van der Waals surface area (Å²) in [6, 6.07) is 6.20. The van der Waals surface area contributed by atoms with E-state index in [1.807, 2.05) is 60.6 Å². The third-order valence-electron chi connectivity index (χ3n) is 5.03. The number of aryl methyl sites for hydroxylation is 3. The highest BCUT2D eigenvalue weighted by molar-refractivity contribution is 9.10. The van der Waals surface area contributed by atoms with Crippen LogP contribution >= 0.6 is 15.9 Å². The number of carbonyl (C=O) groups is 1. The molecule has 6 heteroatoms. The van der Waals surface area contributed by atoms with Crippen molar-refractivity contribution in [3.05, 3.63) is 45.2 Å². The maximum atomic E-state index is 13.2. The molecule has 2 aromatic rings. The molecule has 168 valence electrons. The van der Waals surface area contributed by atoms with E-state index in [0.29, 0.717) is 0 Å². The van der Waals surface area contributed by atoms with Gasteiger partial charge in [-0.1, -0.05) is 6.07 Å². The normalized spacial score (nSPS) is 14.7. The second-order valence-corrected chi connectivity index (χ2v) is 10.0. The Kier molecular flexibility index (Phi) is 7.11. The van der Waals surface area contributed by atoms with Gasteiger partial charge in [0, 0.05) is 21.3 Å². The van der Waals surface area contributed by atoms with Crippen LogP contribution in [-0.2, 0) is 20.7 Å². The lowest BCUT2D eigenvalue weighted by molar-refractivity contribution is -0.171. The van der Waals surface area contributed by atoms with E-state index in [4.69, 9.17) is 19.2 Å². The molecule has 0 aliphatic carbocycles. The van der Waals surface area contributed by atoms with Gasteiger partial charge in [0.15, 0.2) is 6.10 Å². The van der Waals surface area contributed by atoms with Crippen LogP contribution in [0.25, 0.3) is 11.1 Å². The summed E-state index contributed by atoms with van der Waals surface area (Å²) in [4.78, 5) is 17.9. The number of fused-ring (bicyclic) bond motifs is 1. The summed E-state index contributed by atoms with van der Waals surface area (Å²) in [6.45, 7) is 14.1. The zero-order valence-electron chi connectivity index (χ0n) is 19.5. The molecule has 0 fully saturated rings. The number of esters is 1. The second-order valence-electron chi connectivity index (χ2n) is 9.26. The maximum Gasteiger partial charge on any atom is 0.340 e. The molecule has 31 heavy (non-hydrogen) atoms. The van der Waals surface area contributed by atoms with Crippen LogP contribution in [-0.4, -0.2) is 29.3 Å². The fraction of sp³-hybridized carbons (Fsp3) is 0.520. The van der Waals surface area contributed by atoms with Crippen LogP contribution in [0.1, 0.15) is 69.7 Å². The summed E-state index contributed by atoms with van der Waals surface area (Å²) in [5.74, 6) is 0.519. The summed E-state index contributed by atoms with van der Waals surface area (Å²) in [6.07, 6.45) is 0.824. The first-order chi connectivity index (χ1) is 14.5. The molecule has 1 aromatic heterocycles. The number of halogens is 1. The molecule has 2 heterocycles. The number of nitrogens with zero attached hydrogens (tertiary/aromatic N) is 1. The molecule has 1 aliphatic rings. The van der Waals surface area contributed by atoms with Crippen molar-refractivity contribution in [3.8, 4) is 16.9 Å². The van der Waals surface area contributed by atoms with E-state index in [1.54, 1.807) is 0 Å². The van der Waals surface area contributed by atoms with E-state index in [2.05, 4.69) is 22.0 Å². The first-order valence-corrected chi connectivity index (χ1v) is 11.6. The number of aromatic nitrogens is 1. The fourth-order valence-electron chi connectivity index (χ4n) is 3.83. The Labute approximate surface area is 193 Å². The summed E-state index contributed by atoms with van der Waals surface area (Å²) in [5.41, 5.74) is 4.87. The Morgan fingerprint density at radius 1 is 1.19 bits per heavy atom. The fourth-order valence-corrected chi connectivity index (χ4v) is 4.36. The highest BCUT2D eigenvalue weighted by Crippen LogP contribution is 2.42. The lowest BCUT2D eigenvalue weighted by atomic mass is 9.92. The van der Waals surface area contributed by atoms with Crippen LogP contribution in [0.5, 0.6) is 5.75 Å². The molecule has 0 radical (unpaired) electrons. The largest absolute Gasteiger partial charge is 0.493 e. The van der Waals surface area contributed by atoms with Gasteiger partial charge in [0.2, 0.25) is 0 Å². The van der Waals surface area contributed by atoms with Gasteiger partial charge in [-0.2, -0.15) is 0 Å². The number of carbonyl (C=O) groups excluding carboxylic acids is 1. The molecule has 1 aliphatic heterocycles. The average Bonchev–Trinajstić information content (AvgIpc) is 2.67. The van der Waals surface area contributed by atoms with Gasteiger partial charge in [-0.25, -0.2) is 4.79 Å². The predicted octanol–water partition coefficient (Wildman–Crippen LogP) is 6.26. The van der Waals surface area contributed by atoms with Crippen LogP contribution in [0.3, 0.4) is 0 Å². The SMILES string of the molecule is Cc1nc(C)c([C@H](OC(C)(C)C)C(=O)OC(C)C)c(-c2ccc3c(c2)CCCO3)c1Br. The summed E-state index contributed by atoms with van der Waals surface area (Å²) in [5, 5.41) is 0. The topological polar surface area (TPSA) is 57.7 Å². The third kappa shape index (κ3) is 5.47. The Hall–Kier alpha value is -1.92. The smallest absolute Gasteiger partial charge is 0.340 e. The predicted molar refractivity (Wildman–Crippen MR) is 125 cm³/mol. The van der Waals surface area contributed by atoms with E-state index in [0.717, 1.165) is 57.7 Å². The van der Waals surface area contributed by atoms with Crippen molar-refractivity contribution >= 4 is 21.9 Å². The van der Waals surface area contributed by atoms with E-state index >= 15 is 0 Å². The minimum Gasteiger partial charge on any atom is -0.493 e. The molecule has 0 spiro atoms. The summed E-state index contributed by atoms with van der Waals surface area (Å²) in [7, 11) is 0. The number of pyridine rings is 1. The van der Waals surface area contributed by atoms with E-state index in [9.17, 15) is 4.79 Å². The van der Waals surface area contributed by atoms with Gasteiger partial charge in [0.25, 0.3) is 0 Å². The van der Waals surface area contributed by atoms with Crippen molar-refractivity contribution in [3.63, 3.8) is 0 Å². The van der Waals surface area contributed by atoms with Gasteiger partial charge < -0.3 is 14.2 Å². The number of benzene rings is 1. The minimum absolute atomic E-state index is 0.245. The Morgan fingerprint density at radius 3 is 2.55 bits per heavy atom. The van der Waals surface area contributed by atoms with E-state index in [-0.39, 0.29) is 6.10 Å². The molecular weight excluding hydrogens is 458 g/mol. The zero-order valence-corrected chi connectivity index (χ0v) is 21.1. The van der Waals surface area contributed by atoms with Crippen molar-refractivity contribution in [2.75, 3.05) is 6.61 Å². The molecule has 0 bridgehead atoms. The lowest BCUT2D eigenvalue weighted by Gasteiger charge is -2.30. The van der Waals surface area contributed by atoms with Gasteiger partial charge in [0.05, 0.1) is 24.0 Å². The maximum absolute atomic E-state index is 13.2. The highest BCUT2D eigenvalue weighted by atomic mass is 79.9. The molecule has 0 saturated heterocycles. The first-order valence-electron chi connectivity index (χ1n) is 10.8. The van der Waals surface area contributed by atoms with Crippen molar-refractivity contribution in [1.82, 2.24) is 4.98 Å². The Balaban J connectivity index is 2.23.